The van der Waals surface area contributed by atoms with E-state index in [1.54, 1.807) is 0 Å². The van der Waals surface area contributed by atoms with E-state index in [4.69, 9.17) is 15.5 Å². The van der Waals surface area contributed by atoms with E-state index in [0.717, 1.165) is 19.3 Å². The second kappa shape index (κ2) is 5.79. The van der Waals surface area contributed by atoms with Crippen molar-refractivity contribution in [1.82, 2.24) is 0 Å². The van der Waals surface area contributed by atoms with E-state index in [1.807, 2.05) is 0 Å². The average Bonchev–Trinajstić information content (AvgIpc) is 1.80. The summed E-state index contributed by atoms with van der Waals surface area (Å²) < 4.78 is 0. The van der Waals surface area contributed by atoms with Crippen LogP contribution in [0.1, 0.15) is 19.3 Å². The fraction of sp³-hybridized carbons (Fsp3) is 0.800. The van der Waals surface area contributed by atoms with Gasteiger partial charge in [0.15, 0.2) is 0 Å². The van der Waals surface area contributed by atoms with Crippen molar-refractivity contribution in [3.05, 3.63) is 0 Å². The van der Waals surface area contributed by atoms with Gasteiger partial charge in [0, 0.05) is 0 Å². The molecule has 0 rings (SSSR count). The third-order valence-electron chi connectivity index (χ3n) is 1.06. The van der Waals surface area contributed by atoms with Crippen molar-refractivity contribution in [1.29, 1.82) is 5.41 Å². The van der Waals surface area contributed by atoms with E-state index < -0.39 is 7.12 Å². The number of nitrogens with one attached hydrogen (secondary N) is 1. The third kappa shape index (κ3) is 7.65. The Hall–Kier alpha value is -0.345. The van der Waals surface area contributed by atoms with Crippen LogP contribution in [0.15, 0.2) is 0 Å². The Morgan fingerprint density at radius 3 is 2.44 bits per heavy atom. The maximum absolute atomic E-state index is 8.35. The molecule has 4 heteroatoms. The molecule has 0 bridgehead atoms. The highest BCUT2D eigenvalue weighted by molar-refractivity contribution is 6.40. The summed E-state index contributed by atoms with van der Waals surface area (Å²) in [7, 11) is -1.17. The Balaban J connectivity index is 2.82. The van der Waals surface area contributed by atoms with Crippen LogP contribution in [0, 0.1) is 5.41 Å². The fourth-order valence-corrected chi connectivity index (χ4v) is 0.573. The lowest BCUT2D eigenvalue weighted by Crippen LogP contribution is -2.09. The monoisotopic (exact) mass is 129 g/mol. The van der Waals surface area contributed by atoms with Gasteiger partial charge in [-0.1, -0.05) is 6.42 Å². The van der Waals surface area contributed by atoms with Gasteiger partial charge in [0.05, 0.1) is 0 Å². The van der Waals surface area contributed by atoms with Crippen molar-refractivity contribution in [2.24, 2.45) is 0 Å². The zero-order valence-electron chi connectivity index (χ0n) is 5.38. The first-order valence-corrected chi connectivity index (χ1v) is 3.12. The Labute approximate surface area is 55.4 Å². The van der Waals surface area contributed by atoms with Crippen molar-refractivity contribution < 1.29 is 10.0 Å². The van der Waals surface area contributed by atoms with Gasteiger partial charge < -0.3 is 15.5 Å². The number of hydrogen-bond acceptors (Lipinski definition) is 3. The number of rotatable bonds is 5. The van der Waals surface area contributed by atoms with Crippen LogP contribution in [0.5, 0.6) is 0 Å². The lowest BCUT2D eigenvalue weighted by atomic mass is 9.83. The van der Waals surface area contributed by atoms with Crippen LogP contribution in [-0.4, -0.2) is 23.4 Å². The smallest absolute Gasteiger partial charge is 0.427 e. The minimum atomic E-state index is -1.17. The predicted molar refractivity (Wildman–Crippen MR) is 37.6 cm³/mol. The van der Waals surface area contributed by atoms with Gasteiger partial charge in [0.2, 0.25) is 0 Å². The molecule has 0 saturated heterocycles. The summed E-state index contributed by atoms with van der Waals surface area (Å²) in [6.45, 7) is 0. The molecule has 0 radical (unpaired) electrons. The van der Waals surface area contributed by atoms with E-state index in [-0.39, 0.29) is 0 Å². The molecule has 52 valence electrons. The summed E-state index contributed by atoms with van der Waals surface area (Å²) >= 11 is 0. The maximum atomic E-state index is 8.35. The normalized spacial score (nSPS) is 9.11. The molecule has 0 fully saturated rings. The van der Waals surface area contributed by atoms with Gasteiger partial charge in [-0.2, -0.15) is 0 Å². The highest BCUT2D eigenvalue weighted by Gasteiger charge is 2.03. The summed E-state index contributed by atoms with van der Waals surface area (Å²) in [5.74, 6) is 0. The van der Waals surface area contributed by atoms with E-state index in [0.29, 0.717) is 6.32 Å². The second-order valence-corrected chi connectivity index (χ2v) is 1.97. The minimum absolute atomic E-state index is 0.424. The number of unbranched alkanes of at least 4 members (excludes halogenated alkanes) is 2. The van der Waals surface area contributed by atoms with Crippen molar-refractivity contribution in [3.8, 4) is 0 Å². The SMILES string of the molecule is N=CCCCCB(O)O. The largest absolute Gasteiger partial charge is 0.451 e. The third-order valence-corrected chi connectivity index (χ3v) is 1.06. The van der Waals surface area contributed by atoms with E-state index in [2.05, 4.69) is 0 Å². The van der Waals surface area contributed by atoms with Crippen LogP contribution in [0.25, 0.3) is 0 Å². The first kappa shape index (κ1) is 8.65. The molecular weight excluding hydrogens is 117 g/mol. The molecule has 0 aliphatic rings. The molecule has 0 aromatic carbocycles. The fourth-order valence-electron chi connectivity index (χ4n) is 0.573. The molecule has 9 heavy (non-hydrogen) atoms. The predicted octanol–water partition coefficient (Wildman–Crippen LogP) is 0.279. The molecule has 0 saturated carbocycles. The van der Waals surface area contributed by atoms with Gasteiger partial charge in [-0.15, -0.1) is 0 Å². The Kier molecular flexibility index (Phi) is 5.56. The van der Waals surface area contributed by atoms with Gasteiger partial charge in [-0.3, -0.25) is 0 Å². The van der Waals surface area contributed by atoms with Crippen molar-refractivity contribution in [2.45, 2.75) is 25.6 Å². The summed E-state index contributed by atoms with van der Waals surface area (Å²) in [6.07, 6.45) is 4.17. The molecule has 0 aliphatic heterocycles. The Bertz CT molecular complexity index is 77.4. The quantitative estimate of drug-likeness (QED) is 0.283. The zero-order valence-corrected chi connectivity index (χ0v) is 5.38. The van der Waals surface area contributed by atoms with Gasteiger partial charge in [-0.25, -0.2) is 0 Å². The maximum Gasteiger partial charge on any atom is 0.451 e. The van der Waals surface area contributed by atoms with E-state index in [1.165, 1.54) is 6.21 Å². The summed E-state index contributed by atoms with van der Waals surface area (Å²) in [5.41, 5.74) is 0. The van der Waals surface area contributed by atoms with Crippen LogP contribution < -0.4 is 0 Å². The molecule has 0 unspecified atom stereocenters. The Morgan fingerprint density at radius 1 is 1.33 bits per heavy atom. The van der Waals surface area contributed by atoms with Crippen molar-refractivity contribution in [3.63, 3.8) is 0 Å². The zero-order chi connectivity index (χ0) is 7.11. The van der Waals surface area contributed by atoms with Gasteiger partial charge >= 0.3 is 7.12 Å². The van der Waals surface area contributed by atoms with Crippen molar-refractivity contribution >= 4 is 13.3 Å². The van der Waals surface area contributed by atoms with Crippen molar-refractivity contribution in [2.75, 3.05) is 0 Å². The van der Waals surface area contributed by atoms with E-state index >= 15 is 0 Å². The topological polar surface area (TPSA) is 64.3 Å². The molecule has 0 aromatic rings. The van der Waals surface area contributed by atoms with Crippen LogP contribution in [0.3, 0.4) is 0 Å². The Morgan fingerprint density at radius 2 is 2.00 bits per heavy atom. The van der Waals surface area contributed by atoms with Crippen LogP contribution in [0.2, 0.25) is 6.32 Å². The molecule has 0 aromatic heterocycles. The second-order valence-electron chi connectivity index (χ2n) is 1.97. The lowest BCUT2D eigenvalue weighted by Gasteiger charge is -1.94. The molecule has 3 N–H and O–H groups in total. The van der Waals surface area contributed by atoms with Gasteiger partial charge in [-0.05, 0) is 25.4 Å². The summed E-state index contributed by atoms with van der Waals surface area (Å²) in [6, 6.07) is 0. The molecule has 0 aliphatic carbocycles. The van der Waals surface area contributed by atoms with Gasteiger partial charge in [0.1, 0.15) is 0 Å². The molecule has 0 atom stereocenters. The minimum Gasteiger partial charge on any atom is -0.427 e. The van der Waals surface area contributed by atoms with Crippen LogP contribution in [0.4, 0.5) is 0 Å². The number of hydrogen-bond donors (Lipinski definition) is 3. The lowest BCUT2D eigenvalue weighted by molar-refractivity contribution is 0.402. The van der Waals surface area contributed by atoms with E-state index in [9.17, 15) is 0 Å². The average molecular weight is 129 g/mol. The highest BCUT2D eigenvalue weighted by atomic mass is 16.4. The summed E-state index contributed by atoms with van der Waals surface area (Å²) in [5, 5.41) is 23.3. The highest BCUT2D eigenvalue weighted by Crippen LogP contribution is 1.98. The first-order chi connectivity index (χ1) is 4.27. The van der Waals surface area contributed by atoms with Crippen LogP contribution in [-0.2, 0) is 0 Å². The van der Waals surface area contributed by atoms with Crippen LogP contribution >= 0.6 is 0 Å². The standard InChI is InChI=1S/C5H12BNO2/c7-5-3-1-2-4-6(8)9/h5,7-9H,1-4H2. The molecule has 0 spiro atoms. The molecule has 0 heterocycles. The van der Waals surface area contributed by atoms with Gasteiger partial charge in [0.25, 0.3) is 0 Å². The molecular formula is C5H12BNO2. The summed E-state index contributed by atoms with van der Waals surface area (Å²) in [4.78, 5) is 0. The first-order valence-electron chi connectivity index (χ1n) is 3.12. The molecule has 3 nitrogen and oxygen atoms in total. The molecule has 0 amide bonds.